The highest BCUT2D eigenvalue weighted by Crippen LogP contribution is 2.27. The smallest absolute Gasteiger partial charge is 0.329 e. The van der Waals surface area contributed by atoms with E-state index in [-0.39, 0.29) is 29.7 Å². The second-order valence-electron chi connectivity index (χ2n) is 9.49. The SMILES string of the molecule is C/C=C1\NC(=O)[C@H]2CSSS(=O)CC/C=C/[C@H](CC(=O)N[C@H](C(C)C)C(=O)N2)OC(=O)C(C(C)C)NC1=O. The predicted octanol–water partition coefficient (Wildman–Crippen LogP) is 1.09. The maximum Gasteiger partial charge on any atom is 0.329 e. The zero-order valence-electron chi connectivity index (χ0n) is 22.1. The summed E-state index contributed by atoms with van der Waals surface area (Å²) in [6.45, 7) is 8.50. The Morgan fingerprint density at radius 2 is 1.68 bits per heavy atom. The summed E-state index contributed by atoms with van der Waals surface area (Å²) in [5, 5.41) is 10.5. The first-order valence-corrected chi connectivity index (χ1v) is 16.5. The summed E-state index contributed by atoms with van der Waals surface area (Å²) in [6.07, 6.45) is 3.78. The van der Waals surface area contributed by atoms with Crippen molar-refractivity contribution in [3.05, 3.63) is 23.9 Å². The molecule has 1 saturated heterocycles. The predicted molar refractivity (Wildman–Crippen MR) is 149 cm³/mol. The topological polar surface area (TPSA) is 160 Å². The molecule has 2 aliphatic rings. The maximum absolute atomic E-state index is 13.2. The van der Waals surface area contributed by atoms with Crippen LogP contribution in [0.25, 0.3) is 0 Å². The molecule has 1 fully saturated rings. The average Bonchev–Trinajstić information content (AvgIpc) is 2.84. The molecule has 4 amide bonds. The lowest BCUT2D eigenvalue weighted by Crippen LogP contribution is -2.57. The number of carbonyl (C=O) groups excluding carboxylic acids is 5. The van der Waals surface area contributed by atoms with Crippen molar-refractivity contribution in [2.75, 3.05) is 11.5 Å². The van der Waals surface area contributed by atoms with Crippen molar-refractivity contribution in [1.29, 1.82) is 0 Å². The van der Waals surface area contributed by atoms with Crippen LogP contribution < -0.4 is 21.3 Å². The number of allylic oxidation sites excluding steroid dienone is 2. The number of rotatable bonds is 2. The largest absolute Gasteiger partial charge is 0.456 e. The Morgan fingerprint density at radius 3 is 2.32 bits per heavy atom. The van der Waals surface area contributed by atoms with Gasteiger partial charge in [0, 0.05) is 21.3 Å². The van der Waals surface area contributed by atoms with Gasteiger partial charge in [0.15, 0.2) is 0 Å². The normalized spacial score (nSPS) is 31.0. The lowest BCUT2D eigenvalue weighted by Gasteiger charge is -2.28. The summed E-state index contributed by atoms with van der Waals surface area (Å²) >= 11 is 0. The highest BCUT2D eigenvalue weighted by molar-refractivity contribution is 9.05. The van der Waals surface area contributed by atoms with Crippen LogP contribution in [-0.4, -0.2) is 69.5 Å². The van der Waals surface area contributed by atoms with E-state index in [0.717, 1.165) is 20.6 Å². The molecule has 5 atom stereocenters. The van der Waals surface area contributed by atoms with Crippen molar-refractivity contribution >= 4 is 60.0 Å². The van der Waals surface area contributed by atoms with Crippen molar-refractivity contribution in [3.63, 3.8) is 0 Å². The van der Waals surface area contributed by atoms with Gasteiger partial charge in [-0.1, -0.05) is 50.6 Å². The Labute approximate surface area is 232 Å². The Hall–Kier alpha value is -2.32. The van der Waals surface area contributed by atoms with Gasteiger partial charge in [0.2, 0.25) is 17.7 Å². The summed E-state index contributed by atoms with van der Waals surface area (Å²) in [4.78, 5) is 65.5. The lowest BCUT2D eigenvalue weighted by atomic mass is 10.0. The van der Waals surface area contributed by atoms with Crippen molar-refractivity contribution in [3.8, 4) is 0 Å². The molecule has 0 saturated carbocycles. The van der Waals surface area contributed by atoms with Crippen LogP contribution in [0.4, 0.5) is 0 Å². The molecule has 2 rings (SSSR count). The van der Waals surface area contributed by atoms with Gasteiger partial charge >= 0.3 is 5.97 Å². The molecule has 4 N–H and O–H groups in total. The van der Waals surface area contributed by atoms with Crippen LogP contribution in [-0.2, 0) is 38.5 Å². The fraction of sp³-hybridized carbons (Fsp3) is 0.625. The summed E-state index contributed by atoms with van der Waals surface area (Å²) in [6, 6.07) is -3.13. The molecule has 11 nitrogen and oxygen atoms in total. The van der Waals surface area contributed by atoms with E-state index in [0.29, 0.717) is 12.2 Å². The van der Waals surface area contributed by atoms with Crippen LogP contribution >= 0.6 is 20.6 Å². The van der Waals surface area contributed by atoms with Crippen molar-refractivity contribution in [2.24, 2.45) is 11.8 Å². The van der Waals surface area contributed by atoms with Gasteiger partial charge in [-0.25, -0.2) is 9.00 Å². The van der Waals surface area contributed by atoms with Crippen molar-refractivity contribution < 1.29 is 32.9 Å². The molecule has 212 valence electrons. The quantitative estimate of drug-likeness (QED) is 0.160. The number of hydrogen-bond acceptors (Lipinski definition) is 9. The van der Waals surface area contributed by atoms with Gasteiger partial charge < -0.3 is 26.0 Å². The minimum Gasteiger partial charge on any atom is -0.456 e. The third-order valence-electron chi connectivity index (χ3n) is 5.71. The number of amides is 4. The van der Waals surface area contributed by atoms with Crippen LogP contribution in [0.3, 0.4) is 0 Å². The zero-order chi connectivity index (χ0) is 28.4. The lowest BCUT2D eigenvalue weighted by molar-refractivity contribution is -0.153. The van der Waals surface area contributed by atoms with Gasteiger partial charge in [-0.2, -0.15) is 0 Å². The van der Waals surface area contributed by atoms with Crippen molar-refractivity contribution in [1.82, 2.24) is 21.3 Å². The van der Waals surface area contributed by atoms with Gasteiger partial charge in [-0.15, -0.1) is 0 Å². The highest BCUT2D eigenvalue weighted by Gasteiger charge is 2.33. The molecule has 14 heteroatoms. The van der Waals surface area contributed by atoms with E-state index >= 15 is 0 Å². The summed E-state index contributed by atoms with van der Waals surface area (Å²) in [5.41, 5.74) is -0.104. The van der Waals surface area contributed by atoms with Gasteiger partial charge in [-0.3, -0.25) is 19.2 Å². The van der Waals surface area contributed by atoms with Crippen LogP contribution in [0.15, 0.2) is 23.9 Å². The van der Waals surface area contributed by atoms with E-state index in [2.05, 4.69) is 21.3 Å². The molecular weight excluding hydrogens is 552 g/mol. The fourth-order valence-corrected chi connectivity index (χ4v) is 7.96. The molecule has 2 bridgehead atoms. The van der Waals surface area contributed by atoms with E-state index in [1.165, 1.54) is 6.08 Å². The zero-order valence-corrected chi connectivity index (χ0v) is 24.6. The number of esters is 1. The van der Waals surface area contributed by atoms with Gasteiger partial charge in [0.25, 0.3) is 5.91 Å². The molecular formula is C24H36N4O7S3. The van der Waals surface area contributed by atoms with E-state index in [9.17, 15) is 28.2 Å². The third kappa shape index (κ3) is 9.77. The Morgan fingerprint density at radius 1 is 1.00 bits per heavy atom. The molecule has 0 radical (unpaired) electrons. The number of fused-ring (bicyclic) bond motifs is 7. The van der Waals surface area contributed by atoms with Gasteiger partial charge in [0.05, 0.1) is 16.3 Å². The Bertz CT molecular complexity index is 999. The van der Waals surface area contributed by atoms with Crippen LogP contribution in [0, 0.1) is 11.8 Å². The summed E-state index contributed by atoms with van der Waals surface area (Å²) in [7, 11) is 0.932. The molecule has 2 aliphatic heterocycles. The number of hydrogen-bond donors (Lipinski definition) is 4. The van der Waals surface area contributed by atoms with Gasteiger partial charge in [-0.05, 0) is 31.3 Å². The first kappa shape index (κ1) is 31.9. The molecule has 0 aromatic rings. The number of ether oxygens (including phenoxy) is 1. The molecule has 2 unspecified atom stereocenters. The molecule has 38 heavy (non-hydrogen) atoms. The maximum atomic E-state index is 13.2. The minimum absolute atomic E-state index is 0.0597. The highest BCUT2D eigenvalue weighted by atomic mass is 33.5. The fourth-order valence-electron chi connectivity index (χ4n) is 3.56. The molecule has 0 spiro atoms. The van der Waals surface area contributed by atoms with Crippen LogP contribution in [0.1, 0.15) is 47.5 Å². The van der Waals surface area contributed by atoms with E-state index < -0.39 is 63.7 Å². The number of nitrogens with one attached hydrogen (secondary N) is 4. The molecule has 0 aliphatic carbocycles. The van der Waals surface area contributed by atoms with E-state index in [1.54, 1.807) is 46.8 Å². The second-order valence-corrected chi connectivity index (χ2v) is 14.7. The van der Waals surface area contributed by atoms with E-state index in [1.807, 2.05) is 0 Å². The molecule has 0 aromatic heterocycles. The first-order chi connectivity index (χ1) is 17.9. The first-order valence-electron chi connectivity index (χ1n) is 12.4. The Balaban J connectivity index is 2.59. The summed E-state index contributed by atoms with van der Waals surface area (Å²) in [5.74, 6) is -3.58. The second kappa shape index (κ2) is 15.3. The number of carbonyl (C=O) groups is 5. The standard InChI is InChI=1S/C24H36N4O7S3/c1-6-16-21(30)28-20(14(4)5)24(33)35-15-9-7-8-10-38(34)37-36-12-17(22(31)25-16)26-23(32)19(13(2)3)27-18(29)11-15/h6-7,9,13-15,17,19-20H,8,10-12H2,1-5H3,(H,25,31)(H,26,32)(H,27,29)(H,28,30)/b9-7+,16-6-/t15-,17-,19-,20?,38?/m1/s1. The van der Waals surface area contributed by atoms with Crippen LogP contribution in [0.5, 0.6) is 0 Å². The van der Waals surface area contributed by atoms with Gasteiger partial charge in [0.1, 0.15) is 29.9 Å². The average molecular weight is 589 g/mol. The molecule has 0 aromatic carbocycles. The van der Waals surface area contributed by atoms with Crippen molar-refractivity contribution in [2.45, 2.75) is 71.7 Å². The Kier molecular flexibility index (Phi) is 12.9. The molecule has 2 heterocycles. The third-order valence-corrected chi connectivity index (χ3v) is 10.9. The monoisotopic (exact) mass is 588 g/mol. The van der Waals surface area contributed by atoms with Crippen LogP contribution in [0.2, 0.25) is 0 Å². The van der Waals surface area contributed by atoms with E-state index in [4.69, 9.17) is 4.74 Å². The summed E-state index contributed by atoms with van der Waals surface area (Å²) < 4.78 is 18.1. The minimum atomic E-state index is -1.30.